The number of hydrogen-bond acceptors (Lipinski definition) is 2. The van der Waals surface area contributed by atoms with E-state index in [1.165, 1.54) is 6.07 Å². The van der Waals surface area contributed by atoms with Crippen molar-refractivity contribution in [1.82, 2.24) is 0 Å². The Morgan fingerprint density at radius 2 is 1.80 bits per heavy atom. The van der Waals surface area contributed by atoms with E-state index in [0.29, 0.717) is 5.58 Å². The molecular weight excluding hydrogens is 188 g/mol. The van der Waals surface area contributed by atoms with E-state index < -0.39 is 0 Å². The number of hydrogen-bond donors (Lipinski definition) is 0. The van der Waals surface area contributed by atoms with Crippen LogP contribution < -0.4 is 5.43 Å². The third kappa shape index (κ3) is 1.80. The van der Waals surface area contributed by atoms with Gasteiger partial charge in [0.15, 0.2) is 5.58 Å². The van der Waals surface area contributed by atoms with Gasteiger partial charge in [-0.05, 0) is 12.1 Å². The zero-order valence-electron chi connectivity index (χ0n) is 9.20. The lowest BCUT2D eigenvalue weighted by Gasteiger charge is -2.13. The maximum absolute atomic E-state index is 11.6. The minimum atomic E-state index is -0.0654. The third-order valence-electron chi connectivity index (χ3n) is 2.36. The van der Waals surface area contributed by atoms with Gasteiger partial charge in [0, 0.05) is 10.8 Å². The van der Waals surface area contributed by atoms with Crippen molar-refractivity contribution in [3.05, 3.63) is 46.3 Å². The Labute approximate surface area is 88.5 Å². The average Bonchev–Trinajstić information content (AvgIpc) is 2.49. The third-order valence-corrected chi connectivity index (χ3v) is 2.36. The van der Waals surface area contributed by atoms with Gasteiger partial charge in [0.1, 0.15) is 5.76 Å². The van der Waals surface area contributed by atoms with Crippen LogP contribution in [0.4, 0.5) is 0 Å². The van der Waals surface area contributed by atoms with Crippen LogP contribution in [0.15, 0.2) is 39.5 Å². The van der Waals surface area contributed by atoms with E-state index in [2.05, 4.69) is 20.8 Å². The highest BCUT2D eigenvalue weighted by Gasteiger charge is 2.19. The highest BCUT2D eigenvalue weighted by molar-refractivity contribution is 5.77. The van der Waals surface area contributed by atoms with Gasteiger partial charge in [-0.2, -0.15) is 0 Å². The molecule has 1 aromatic carbocycles. The minimum absolute atomic E-state index is 0.0644. The fraction of sp³-hybridized carbons (Fsp3) is 0.308. The fourth-order valence-electron chi connectivity index (χ4n) is 1.47. The zero-order valence-corrected chi connectivity index (χ0v) is 9.20. The second-order valence-electron chi connectivity index (χ2n) is 4.73. The highest BCUT2D eigenvalue weighted by atomic mass is 16.3. The van der Waals surface area contributed by atoms with Gasteiger partial charge in [0.25, 0.3) is 0 Å². The molecule has 0 bridgehead atoms. The molecule has 0 aliphatic carbocycles. The smallest absolute Gasteiger partial charge is 0.221 e. The number of furan rings is 1. The summed E-state index contributed by atoms with van der Waals surface area (Å²) in [5, 5.41) is 0.870. The van der Waals surface area contributed by atoms with Crippen LogP contribution in [0, 0.1) is 0 Å². The Bertz CT molecular complexity index is 544. The Morgan fingerprint density at radius 1 is 1.13 bits per heavy atom. The van der Waals surface area contributed by atoms with Crippen molar-refractivity contribution < 1.29 is 4.42 Å². The molecule has 0 radical (unpaired) electrons. The van der Waals surface area contributed by atoms with Crippen LogP contribution in [-0.4, -0.2) is 0 Å². The van der Waals surface area contributed by atoms with E-state index in [4.69, 9.17) is 4.42 Å². The minimum Gasteiger partial charge on any atom is -0.456 e. The first kappa shape index (κ1) is 9.97. The molecule has 2 aromatic rings. The van der Waals surface area contributed by atoms with Crippen molar-refractivity contribution in [2.45, 2.75) is 26.2 Å². The molecular formula is C13H14O2. The molecule has 0 aliphatic heterocycles. The Morgan fingerprint density at radius 3 is 2.47 bits per heavy atom. The van der Waals surface area contributed by atoms with E-state index >= 15 is 0 Å². The largest absolute Gasteiger partial charge is 0.456 e. The maximum atomic E-state index is 11.6. The molecule has 0 spiro atoms. The summed E-state index contributed by atoms with van der Waals surface area (Å²) in [4.78, 5) is 11.6. The standard InChI is InChI=1S/C13H14O2/c1-13(2,3)11-8-9-6-4-5-7-10(14)12(9)15-11/h4-8H,1-3H3. The number of fused-ring (bicyclic) bond motifs is 1. The molecule has 0 N–H and O–H groups in total. The second kappa shape index (κ2) is 3.23. The predicted octanol–water partition coefficient (Wildman–Crippen LogP) is 3.09. The summed E-state index contributed by atoms with van der Waals surface area (Å²) in [6.07, 6.45) is 0. The quantitative estimate of drug-likeness (QED) is 0.657. The Kier molecular flexibility index (Phi) is 2.14. The molecule has 0 unspecified atom stereocenters. The molecule has 1 heterocycles. The highest BCUT2D eigenvalue weighted by Crippen LogP contribution is 2.26. The van der Waals surface area contributed by atoms with Gasteiger partial charge in [-0.15, -0.1) is 0 Å². The summed E-state index contributed by atoms with van der Waals surface area (Å²) in [7, 11) is 0. The van der Waals surface area contributed by atoms with Gasteiger partial charge in [-0.3, -0.25) is 4.79 Å². The van der Waals surface area contributed by atoms with Crippen molar-refractivity contribution in [3.8, 4) is 0 Å². The van der Waals surface area contributed by atoms with E-state index in [0.717, 1.165) is 11.1 Å². The predicted molar refractivity (Wildman–Crippen MR) is 61.2 cm³/mol. The molecule has 0 saturated carbocycles. The molecule has 2 rings (SSSR count). The van der Waals surface area contributed by atoms with Crippen LogP contribution >= 0.6 is 0 Å². The first-order valence-electron chi connectivity index (χ1n) is 5.02. The molecule has 0 saturated heterocycles. The van der Waals surface area contributed by atoms with Gasteiger partial charge in [-0.1, -0.05) is 39.0 Å². The van der Waals surface area contributed by atoms with Crippen LogP contribution in [0.25, 0.3) is 11.0 Å². The molecule has 2 nitrogen and oxygen atoms in total. The molecule has 0 aliphatic rings. The maximum Gasteiger partial charge on any atom is 0.221 e. The van der Waals surface area contributed by atoms with E-state index in [1.807, 2.05) is 18.2 Å². The fourth-order valence-corrected chi connectivity index (χ4v) is 1.47. The molecule has 0 atom stereocenters. The Hall–Kier alpha value is -1.57. The summed E-state index contributed by atoms with van der Waals surface area (Å²) in [6.45, 7) is 6.19. The molecule has 78 valence electrons. The van der Waals surface area contributed by atoms with Gasteiger partial charge >= 0.3 is 0 Å². The number of rotatable bonds is 0. The van der Waals surface area contributed by atoms with Gasteiger partial charge in [0.2, 0.25) is 5.43 Å². The van der Waals surface area contributed by atoms with E-state index in [9.17, 15) is 4.79 Å². The average molecular weight is 202 g/mol. The molecule has 2 heteroatoms. The van der Waals surface area contributed by atoms with Crippen LogP contribution in [0.1, 0.15) is 26.5 Å². The monoisotopic (exact) mass is 202 g/mol. The van der Waals surface area contributed by atoms with E-state index in [1.54, 1.807) is 6.07 Å². The van der Waals surface area contributed by atoms with Gasteiger partial charge in [0.05, 0.1) is 0 Å². The van der Waals surface area contributed by atoms with Crippen LogP contribution in [-0.2, 0) is 5.41 Å². The van der Waals surface area contributed by atoms with Crippen LogP contribution in [0.5, 0.6) is 0 Å². The van der Waals surface area contributed by atoms with E-state index in [-0.39, 0.29) is 10.8 Å². The lowest BCUT2D eigenvalue weighted by Crippen LogP contribution is -2.09. The molecule has 1 aromatic heterocycles. The van der Waals surface area contributed by atoms with Crippen molar-refractivity contribution in [3.63, 3.8) is 0 Å². The lowest BCUT2D eigenvalue weighted by atomic mass is 9.93. The summed E-state index contributed by atoms with van der Waals surface area (Å²) in [5.41, 5.74) is 0.319. The van der Waals surface area contributed by atoms with Gasteiger partial charge in [-0.25, -0.2) is 0 Å². The summed E-state index contributed by atoms with van der Waals surface area (Å²) in [6, 6.07) is 8.95. The second-order valence-corrected chi connectivity index (χ2v) is 4.73. The van der Waals surface area contributed by atoms with Crippen LogP contribution in [0.2, 0.25) is 0 Å². The molecule has 0 amide bonds. The lowest BCUT2D eigenvalue weighted by molar-refractivity contribution is 0.429. The molecule has 15 heavy (non-hydrogen) atoms. The van der Waals surface area contributed by atoms with Crippen molar-refractivity contribution in [2.24, 2.45) is 0 Å². The van der Waals surface area contributed by atoms with Crippen molar-refractivity contribution in [2.75, 3.05) is 0 Å². The van der Waals surface area contributed by atoms with Crippen LogP contribution in [0.3, 0.4) is 0 Å². The molecule has 0 fully saturated rings. The first-order chi connectivity index (χ1) is 6.98. The first-order valence-corrected chi connectivity index (χ1v) is 5.02. The van der Waals surface area contributed by atoms with Crippen molar-refractivity contribution >= 4 is 11.0 Å². The Balaban J connectivity index is 2.80. The van der Waals surface area contributed by atoms with Gasteiger partial charge < -0.3 is 4.42 Å². The SMILES string of the molecule is CC(C)(C)c1cc2ccccc(=O)c2o1. The van der Waals surface area contributed by atoms with Crippen molar-refractivity contribution in [1.29, 1.82) is 0 Å². The zero-order chi connectivity index (χ0) is 11.1. The normalized spacial score (nSPS) is 11.9. The summed E-state index contributed by atoms with van der Waals surface area (Å²) >= 11 is 0. The summed E-state index contributed by atoms with van der Waals surface area (Å²) < 4.78 is 5.61. The topological polar surface area (TPSA) is 30.2 Å². The summed E-state index contributed by atoms with van der Waals surface area (Å²) in [5.74, 6) is 0.848.